The Morgan fingerprint density at radius 2 is 1.73 bits per heavy atom. The van der Waals surface area contributed by atoms with E-state index in [1.807, 2.05) is 0 Å². The van der Waals surface area contributed by atoms with Crippen molar-refractivity contribution in [3.63, 3.8) is 0 Å². The van der Waals surface area contributed by atoms with Crippen molar-refractivity contribution in [3.8, 4) is 0 Å². The van der Waals surface area contributed by atoms with Crippen molar-refractivity contribution in [2.24, 2.45) is 0 Å². The highest BCUT2D eigenvalue weighted by atomic mass is 32.4. The molecule has 9 nitrogen and oxygen atoms in total. The first-order valence-electron chi connectivity index (χ1n) is 11.2. The topological polar surface area (TPSA) is 107 Å². The SMILES string of the molecule is CS(C)(C)(O)(NNc1ncc(F)c(N2CCOCC2)n1)c1ccc(Nc2cccc(C(F)(F)F)c2)cn1. The fourth-order valence-electron chi connectivity index (χ4n) is 3.59. The highest BCUT2D eigenvalue weighted by Gasteiger charge is 2.47. The smallest absolute Gasteiger partial charge is 0.378 e. The molecule has 37 heavy (non-hydrogen) atoms. The zero-order valence-electron chi connectivity index (χ0n) is 20.5. The highest BCUT2D eigenvalue weighted by Crippen LogP contribution is 2.79. The summed E-state index contributed by atoms with van der Waals surface area (Å²) in [4.78, 5) is 17.2. The van der Waals surface area contributed by atoms with Crippen LogP contribution in [-0.4, -0.2) is 64.6 Å². The number of morpholine rings is 1. The average molecular weight is 544 g/mol. The number of pyridine rings is 1. The van der Waals surface area contributed by atoms with Gasteiger partial charge in [0.15, 0.2) is 11.6 Å². The predicted molar refractivity (Wildman–Crippen MR) is 137 cm³/mol. The molecular formula is C23H29F4N7O2S. The summed E-state index contributed by atoms with van der Waals surface area (Å²) in [7, 11) is -4.28. The second kappa shape index (κ2) is 8.97. The first kappa shape index (κ1) is 26.9. The Hall–Kier alpha value is -3.20. The van der Waals surface area contributed by atoms with Gasteiger partial charge < -0.3 is 19.5 Å². The van der Waals surface area contributed by atoms with Gasteiger partial charge in [-0.25, -0.2) is 14.4 Å². The van der Waals surface area contributed by atoms with Gasteiger partial charge in [-0.3, -0.25) is 5.43 Å². The number of benzene rings is 1. The van der Waals surface area contributed by atoms with E-state index in [0.717, 1.165) is 18.3 Å². The molecule has 3 heterocycles. The molecule has 1 aliphatic rings. The van der Waals surface area contributed by atoms with Crippen molar-refractivity contribution in [1.82, 2.24) is 19.8 Å². The molecular weight excluding hydrogens is 514 g/mol. The predicted octanol–water partition coefficient (Wildman–Crippen LogP) is 4.74. The molecule has 0 aliphatic carbocycles. The minimum atomic E-state index is -4.46. The molecule has 4 rings (SSSR count). The summed E-state index contributed by atoms with van der Waals surface area (Å²) in [6.07, 6.45) is 2.76. The molecule has 1 saturated heterocycles. The molecule has 14 heteroatoms. The van der Waals surface area contributed by atoms with Crippen molar-refractivity contribution in [3.05, 3.63) is 60.2 Å². The van der Waals surface area contributed by atoms with Crippen LogP contribution in [-0.2, 0) is 10.9 Å². The van der Waals surface area contributed by atoms with Gasteiger partial charge in [0, 0.05) is 18.8 Å². The Morgan fingerprint density at radius 3 is 2.38 bits per heavy atom. The van der Waals surface area contributed by atoms with Crippen molar-refractivity contribution >= 4 is 31.9 Å². The molecule has 0 atom stereocenters. The largest absolute Gasteiger partial charge is 0.416 e. The Morgan fingerprint density at radius 1 is 1.00 bits per heavy atom. The third-order valence-corrected chi connectivity index (χ3v) is 8.44. The van der Waals surface area contributed by atoms with Crippen molar-refractivity contribution in [1.29, 1.82) is 0 Å². The molecule has 0 saturated carbocycles. The summed E-state index contributed by atoms with van der Waals surface area (Å²) >= 11 is 0. The lowest BCUT2D eigenvalue weighted by molar-refractivity contribution is -0.137. The van der Waals surface area contributed by atoms with Gasteiger partial charge in [0.2, 0.25) is 5.95 Å². The number of rotatable bonds is 7. The van der Waals surface area contributed by atoms with E-state index in [4.69, 9.17) is 4.74 Å². The van der Waals surface area contributed by atoms with Crippen molar-refractivity contribution in [2.45, 2.75) is 11.2 Å². The average Bonchev–Trinajstić information content (AvgIpc) is 2.84. The maximum Gasteiger partial charge on any atom is 0.416 e. The van der Waals surface area contributed by atoms with Gasteiger partial charge in [0.05, 0.1) is 41.9 Å². The molecule has 202 valence electrons. The van der Waals surface area contributed by atoms with Gasteiger partial charge in [0.25, 0.3) is 0 Å². The molecule has 0 unspecified atom stereocenters. The Bertz CT molecular complexity index is 1280. The molecule has 0 amide bonds. The van der Waals surface area contributed by atoms with Crippen molar-refractivity contribution < 1.29 is 26.9 Å². The van der Waals surface area contributed by atoms with Crippen molar-refractivity contribution in [2.75, 3.05) is 60.7 Å². The number of aromatic nitrogens is 3. The fraction of sp³-hybridized carbons (Fsp3) is 0.348. The quantitative estimate of drug-likeness (QED) is 0.248. The van der Waals surface area contributed by atoms with Crippen LogP contribution in [0.5, 0.6) is 0 Å². The van der Waals surface area contributed by atoms with E-state index < -0.39 is 26.3 Å². The third kappa shape index (κ3) is 6.39. The number of nitrogens with zero attached hydrogens (tertiary/aromatic N) is 4. The maximum absolute atomic E-state index is 14.3. The summed E-state index contributed by atoms with van der Waals surface area (Å²) in [5.41, 5.74) is 2.69. The van der Waals surface area contributed by atoms with Gasteiger partial charge in [0.1, 0.15) is 0 Å². The third-order valence-electron chi connectivity index (χ3n) is 5.64. The number of anilines is 4. The summed E-state index contributed by atoms with van der Waals surface area (Å²) < 4.78 is 70.5. The summed E-state index contributed by atoms with van der Waals surface area (Å²) in [5.74, 6) is -0.396. The summed E-state index contributed by atoms with van der Waals surface area (Å²) in [5, 5.41) is 3.17. The van der Waals surface area contributed by atoms with E-state index in [2.05, 4.69) is 30.5 Å². The van der Waals surface area contributed by atoms with Gasteiger partial charge in [-0.15, -0.1) is 8.76 Å². The fourth-order valence-corrected chi connectivity index (χ4v) is 5.26. The van der Waals surface area contributed by atoms with Crippen LogP contribution in [0.4, 0.5) is 40.7 Å². The number of halogens is 4. The Balaban J connectivity index is 1.50. The zero-order valence-corrected chi connectivity index (χ0v) is 21.3. The molecule has 1 fully saturated rings. The van der Waals surface area contributed by atoms with Crippen LogP contribution < -0.4 is 20.5 Å². The monoisotopic (exact) mass is 543 g/mol. The van der Waals surface area contributed by atoms with Gasteiger partial charge >= 0.3 is 6.18 Å². The van der Waals surface area contributed by atoms with Crippen LogP contribution >= 0.6 is 8.76 Å². The molecule has 1 aromatic carbocycles. The van der Waals surface area contributed by atoms with E-state index in [9.17, 15) is 22.1 Å². The number of ether oxygens (including phenoxy) is 1. The van der Waals surface area contributed by atoms with E-state index >= 15 is 0 Å². The molecule has 3 aromatic rings. The number of hydrogen-bond donors (Lipinski definition) is 4. The van der Waals surface area contributed by atoms with Crippen LogP contribution in [0.1, 0.15) is 5.56 Å². The molecule has 4 N–H and O–H groups in total. The lowest BCUT2D eigenvalue weighted by Gasteiger charge is -2.66. The number of alkyl halides is 3. The van der Waals surface area contributed by atoms with Crippen LogP contribution in [0.3, 0.4) is 0 Å². The Kier molecular flexibility index (Phi) is 6.51. The van der Waals surface area contributed by atoms with Gasteiger partial charge in [-0.05, 0) is 49.1 Å². The van der Waals surface area contributed by atoms with Crippen LogP contribution in [0.2, 0.25) is 0 Å². The number of nitrogens with one attached hydrogen (secondary N) is 3. The van der Waals surface area contributed by atoms with E-state index in [-0.39, 0.29) is 22.5 Å². The van der Waals surface area contributed by atoms with E-state index in [1.165, 1.54) is 18.3 Å². The first-order valence-corrected chi connectivity index (χ1v) is 14.9. The molecule has 0 radical (unpaired) electrons. The molecule has 0 spiro atoms. The van der Waals surface area contributed by atoms with E-state index in [0.29, 0.717) is 32.0 Å². The standard InChI is InChI=1S/C23H29F4N7O2S/c1-37(2,3,35,33-32-22-29-15-19(24)21(31-22)34-9-11-36-12-10-34)20-8-7-18(14-28-20)30-17-6-4-5-16(13-17)23(25,26)27/h4-8,13-15,30,33,35H,9-12H2,1-3H3,(H,29,31,32). The second-order valence-electron chi connectivity index (χ2n) is 10.1. The van der Waals surface area contributed by atoms with Gasteiger partial charge in [-0.1, -0.05) is 6.07 Å². The molecule has 0 bridgehead atoms. The summed E-state index contributed by atoms with van der Waals surface area (Å²) in [6, 6.07) is 7.97. The molecule has 2 aromatic heterocycles. The van der Waals surface area contributed by atoms with E-state index in [1.54, 1.807) is 35.8 Å². The van der Waals surface area contributed by atoms with Crippen LogP contribution in [0.15, 0.2) is 53.8 Å². The highest BCUT2D eigenvalue weighted by molar-refractivity contribution is 8.57. The summed E-state index contributed by atoms with van der Waals surface area (Å²) in [6.45, 7) is 1.89. The Labute approximate surface area is 210 Å². The number of hydrazine groups is 1. The van der Waals surface area contributed by atoms with Crippen LogP contribution in [0.25, 0.3) is 0 Å². The van der Waals surface area contributed by atoms with Crippen LogP contribution in [0, 0.1) is 5.82 Å². The number of hydrogen-bond acceptors (Lipinski definition) is 9. The second-order valence-corrected chi connectivity index (χ2v) is 17.2. The minimum Gasteiger partial charge on any atom is -0.378 e. The zero-order chi connectivity index (χ0) is 27.0. The lowest BCUT2D eigenvalue weighted by atomic mass is 10.2. The minimum absolute atomic E-state index is 0.0512. The first-order chi connectivity index (χ1) is 17.1. The molecule has 1 aliphatic heterocycles. The maximum atomic E-state index is 14.3. The van der Waals surface area contributed by atoms with Gasteiger partial charge in [-0.2, -0.15) is 23.0 Å². The normalized spacial score (nSPS) is 16.6. The lowest BCUT2D eigenvalue weighted by Crippen LogP contribution is -2.49.